The average molecular weight is 353 g/mol. The van der Waals surface area contributed by atoms with Crippen LogP contribution in [-0.4, -0.2) is 46.1 Å². The first-order chi connectivity index (χ1) is 11.8. The van der Waals surface area contributed by atoms with Crippen molar-refractivity contribution in [2.75, 3.05) is 0 Å². The molecule has 9 heteroatoms. The van der Waals surface area contributed by atoms with E-state index in [4.69, 9.17) is 10.1 Å². The molecule has 0 unspecified atom stereocenters. The standard InChI is InChI=1S/C16H20FN3O5/c1-9(2)25-16(24)13(4-3-10(21)7-18)20-15(23)14(22)11-5-6-19-8-12(11)17/h5-9,13-14,18,22H,3-4H2,1-2H3,(H,20,23)/t13-,14+/m0/s1. The first kappa shape index (κ1) is 20.4. The lowest BCUT2D eigenvalue weighted by Crippen LogP contribution is -2.45. The zero-order valence-corrected chi connectivity index (χ0v) is 13.9. The highest BCUT2D eigenvalue weighted by Crippen LogP contribution is 2.16. The fourth-order valence-electron chi connectivity index (χ4n) is 1.92. The van der Waals surface area contributed by atoms with Crippen molar-refractivity contribution in [2.45, 2.75) is 44.9 Å². The third-order valence-electron chi connectivity index (χ3n) is 3.14. The number of ketones is 1. The van der Waals surface area contributed by atoms with Crippen molar-refractivity contribution in [3.8, 4) is 0 Å². The van der Waals surface area contributed by atoms with Crippen molar-refractivity contribution >= 4 is 23.9 Å². The summed E-state index contributed by atoms with van der Waals surface area (Å²) in [5.74, 6) is -3.20. The maximum atomic E-state index is 13.6. The van der Waals surface area contributed by atoms with Crippen molar-refractivity contribution in [3.63, 3.8) is 0 Å². The highest BCUT2D eigenvalue weighted by Gasteiger charge is 2.28. The van der Waals surface area contributed by atoms with Crippen molar-refractivity contribution in [2.24, 2.45) is 0 Å². The molecule has 1 aromatic rings. The van der Waals surface area contributed by atoms with Crippen LogP contribution in [0.3, 0.4) is 0 Å². The molecule has 0 spiro atoms. The van der Waals surface area contributed by atoms with E-state index >= 15 is 0 Å². The van der Waals surface area contributed by atoms with E-state index in [2.05, 4.69) is 10.3 Å². The van der Waals surface area contributed by atoms with Gasteiger partial charge in [-0.25, -0.2) is 9.18 Å². The molecule has 1 rings (SSSR count). The van der Waals surface area contributed by atoms with E-state index in [0.717, 1.165) is 12.3 Å². The molecule has 8 nitrogen and oxygen atoms in total. The number of nitrogens with one attached hydrogen (secondary N) is 2. The molecule has 136 valence electrons. The Bertz CT molecular complexity index is 650. The van der Waals surface area contributed by atoms with E-state index in [1.165, 1.54) is 6.20 Å². The Morgan fingerprint density at radius 3 is 2.68 bits per heavy atom. The van der Waals surface area contributed by atoms with Crippen LogP contribution in [0.2, 0.25) is 0 Å². The molecule has 0 aliphatic carbocycles. The summed E-state index contributed by atoms with van der Waals surface area (Å²) in [6.45, 7) is 3.22. The Morgan fingerprint density at radius 1 is 1.44 bits per heavy atom. The highest BCUT2D eigenvalue weighted by atomic mass is 19.1. The molecule has 0 bridgehead atoms. The van der Waals surface area contributed by atoms with Gasteiger partial charge in [0.1, 0.15) is 11.9 Å². The third-order valence-corrected chi connectivity index (χ3v) is 3.14. The lowest BCUT2D eigenvalue weighted by atomic mass is 10.1. The molecular weight excluding hydrogens is 333 g/mol. The number of aromatic nitrogens is 1. The number of hydrogen-bond donors (Lipinski definition) is 3. The number of rotatable bonds is 9. The second-order valence-electron chi connectivity index (χ2n) is 5.50. The smallest absolute Gasteiger partial charge is 0.328 e. The predicted octanol–water partition coefficient (Wildman–Crippen LogP) is 0.689. The number of pyridine rings is 1. The van der Waals surface area contributed by atoms with Gasteiger partial charge in [-0.05, 0) is 26.3 Å². The van der Waals surface area contributed by atoms with Gasteiger partial charge in [-0.2, -0.15) is 0 Å². The fourth-order valence-corrected chi connectivity index (χ4v) is 1.92. The first-order valence-corrected chi connectivity index (χ1v) is 7.58. The summed E-state index contributed by atoms with van der Waals surface area (Å²) in [6, 6.07) is -0.0714. The average Bonchev–Trinajstić information content (AvgIpc) is 2.57. The molecule has 0 aliphatic heterocycles. The van der Waals surface area contributed by atoms with Crippen LogP contribution in [-0.2, 0) is 19.1 Å². The number of carbonyl (C=O) groups is 3. The monoisotopic (exact) mass is 353 g/mol. The number of carbonyl (C=O) groups excluding carboxylic acids is 3. The van der Waals surface area contributed by atoms with Crippen molar-refractivity contribution < 1.29 is 28.6 Å². The van der Waals surface area contributed by atoms with E-state index in [0.29, 0.717) is 6.21 Å². The van der Waals surface area contributed by atoms with E-state index in [9.17, 15) is 23.9 Å². The van der Waals surface area contributed by atoms with Crippen LogP contribution >= 0.6 is 0 Å². The Morgan fingerprint density at radius 2 is 2.12 bits per heavy atom. The van der Waals surface area contributed by atoms with Gasteiger partial charge in [-0.15, -0.1) is 0 Å². The van der Waals surface area contributed by atoms with E-state index in [1.54, 1.807) is 13.8 Å². The van der Waals surface area contributed by atoms with Gasteiger partial charge in [0, 0.05) is 18.2 Å². The van der Waals surface area contributed by atoms with Gasteiger partial charge in [0.2, 0.25) is 0 Å². The lowest BCUT2D eigenvalue weighted by Gasteiger charge is -2.20. The van der Waals surface area contributed by atoms with Crippen LogP contribution in [0.1, 0.15) is 38.4 Å². The number of halogens is 1. The van der Waals surface area contributed by atoms with E-state index in [1.807, 2.05) is 0 Å². The summed E-state index contributed by atoms with van der Waals surface area (Å²) >= 11 is 0. The fraction of sp³-hybridized carbons (Fsp3) is 0.438. The Hall–Kier alpha value is -2.68. The Labute approximate surface area is 143 Å². The minimum Gasteiger partial charge on any atom is -0.461 e. The minimum atomic E-state index is -1.85. The number of esters is 1. The number of ether oxygens (including phenoxy) is 1. The van der Waals surface area contributed by atoms with Gasteiger partial charge in [0.25, 0.3) is 5.91 Å². The van der Waals surface area contributed by atoms with E-state index in [-0.39, 0.29) is 18.4 Å². The number of hydrogen-bond acceptors (Lipinski definition) is 7. The van der Waals surface area contributed by atoms with Crippen LogP contribution in [0.4, 0.5) is 4.39 Å². The molecule has 1 heterocycles. The topological polar surface area (TPSA) is 129 Å². The molecule has 0 aromatic carbocycles. The van der Waals surface area contributed by atoms with Crippen LogP contribution in [0, 0.1) is 11.2 Å². The number of amides is 1. The maximum Gasteiger partial charge on any atom is 0.328 e. The predicted molar refractivity (Wildman–Crippen MR) is 85.3 cm³/mol. The molecule has 1 aromatic heterocycles. The largest absolute Gasteiger partial charge is 0.461 e. The first-order valence-electron chi connectivity index (χ1n) is 7.58. The minimum absolute atomic E-state index is 0.114. The molecule has 25 heavy (non-hydrogen) atoms. The molecule has 0 fully saturated rings. The molecule has 2 atom stereocenters. The highest BCUT2D eigenvalue weighted by molar-refractivity contribution is 6.26. The molecule has 3 N–H and O–H groups in total. The molecule has 0 saturated heterocycles. The summed E-state index contributed by atoms with van der Waals surface area (Å²) < 4.78 is 18.6. The zero-order chi connectivity index (χ0) is 19.0. The summed E-state index contributed by atoms with van der Waals surface area (Å²) in [5, 5.41) is 19.1. The summed E-state index contributed by atoms with van der Waals surface area (Å²) in [5.41, 5.74) is -0.293. The number of aliphatic hydroxyl groups excluding tert-OH is 1. The maximum absolute atomic E-state index is 13.6. The van der Waals surface area contributed by atoms with Gasteiger partial charge in [0.15, 0.2) is 11.9 Å². The molecular formula is C16H20FN3O5. The second-order valence-corrected chi connectivity index (χ2v) is 5.50. The normalized spacial score (nSPS) is 13.0. The molecule has 0 aliphatic rings. The third kappa shape index (κ3) is 6.38. The van der Waals surface area contributed by atoms with Gasteiger partial charge >= 0.3 is 5.97 Å². The number of Topliss-reactive ketones (excluding diaryl/α,β-unsaturated/α-hetero) is 1. The van der Waals surface area contributed by atoms with Crippen molar-refractivity contribution in [3.05, 3.63) is 29.8 Å². The van der Waals surface area contributed by atoms with Crippen LogP contribution in [0.5, 0.6) is 0 Å². The molecule has 0 saturated carbocycles. The van der Waals surface area contributed by atoms with Gasteiger partial charge in [-0.1, -0.05) is 0 Å². The molecule has 0 radical (unpaired) electrons. The van der Waals surface area contributed by atoms with E-state index < -0.39 is 41.7 Å². The van der Waals surface area contributed by atoms with Gasteiger partial charge < -0.3 is 20.6 Å². The molecule has 1 amide bonds. The van der Waals surface area contributed by atoms with Crippen LogP contribution in [0.25, 0.3) is 0 Å². The summed E-state index contributed by atoms with van der Waals surface area (Å²) in [7, 11) is 0. The summed E-state index contributed by atoms with van der Waals surface area (Å²) in [6.07, 6.45) is 0.0803. The Balaban J connectivity index is 2.85. The second kappa shape index (κ2) is 9.58. The van der Waals surface area contributed by atoms with Crippen molar-refractivity contribution in [1.29, 1.82) is 5.41 Å². The van der Waals surface area contributed by atoms with Gasteiger partial charge in [-0.3, -0.25) is 14.6 Å². The lowest BCUT2D eigenvalue weighted by molar-refractivity contribution is -0.152. The quantitative estimate of drug-likeness (QED) is 0.442. The Kier molecular flexibility index (Phi) is 7.80. The van der Waals surface area contributed by atoms with Crippen LogP contribution in [0.15, 0.2) is 18.5 Å². The number of nitrogens with zero attached hydrogens (tertiary/aromatic N) is 1. The van der Waals surface area contributed by atoms with Gasteiger partial charge in [0.05, 0.1) is 18.5 Å². The summed E-state index contributed by atoms with van der Waals surface area (Å²) in [4.78, 5) is 38.9. The van der Waals surface area contributed by atoms with Crippen molar-refractivity contribution in [1.82, 2.24) is 10.3 Å². The SMILES string of the molecule is CC(C)OC(=O)[C@H](CCC(=O)C=N)NC(=O)[C@H](O)c1ccncc1F. The van der Waals surface area contributed by atoms with Crippen LogP contribution < -0.4 is 5.32 Å². The number of aliphatic hydroxyl groups is 1. The zero-order valence-electron chi connectivity index (χ0n) is 13.9.